The second-order valence-electron chi connectivity index (χ2n) is 7.94. The van der Waals surface area contributed by atoms with Crippen molar-refractivity contribution in [2.24, 2.45) is 0 Å². The summed E-state index contributed by atoms with van der Waals surface area (Å²) >= 11 is 1.76. The molecule has 0 radical (unpaired) electrons. The van der Waals surface area contributed by atoms with E-state index in [1.165, 1.54) is 0 Å². The summed E-state index contributed by atoms with van der Waals surface area (Å²) in [5.41, 5.74) is 1.10. The number of carbonyl (C=O) groups is 2. The minimum absolute atomic E-state index is 0.0540. The first-order valence-corrected chi connectivity index (χ1v) is 12.1. The number of ether oxygens (including phenoxy) is 1. The Kier molecular flexibility index (Phi) is 11.0. The lowest BCUT2D eigenvalue weighted by atomic mass is 10.00. The van der Waals surface area contributed by atoms with Crippen LogP contribution in [0.5, 0.6) is 0 Å². The highest BCUT2D eigenvalue weighted by atomic mass is 32.2. The first kappa shape index (κ1) is 24.5. The van der Waals surface area contributed by atoms with Crippen LogP contribution in [0.3, 0.4) is 0 Å². The zero-order valence-corrected chi connectivity index (χ0v) is 19.0. The van der Waals surface area contributed by atoms with Gasteiger partial charge < -0.3 is 14.7 Å². The van der Waals surface area contributed by atoms with Crippen molar-refractivity contribution in [2.75, 3.05) is 18.1 Å². The van der Waals surface area contributed by atoms with Crippen LogP contribution in [0, 0.1) is 0 Å². The zero-order chi connectivity index (χ0) is 21.8. The molecule has 6 heteroatoms. The Morgan fingerprint density at radius 2 is 2.07 bits per heavy atom. The predicted octanol–water partition coefficient (Wildman–Crippen LogP) is 3.99. The number of aliphatic hydroxyl groups excluding tert-OH is 1. The number of hydrogen-bond acceptors (Lipinski definition) is 5. The van der Waals surface area contributed by atoms with Gasteiger partial charge in [-0.15, -0.1) is 0 Å². The predicted molar refractivity (Wildman–Crippen MR) is 122 cm³/mol. The van der Waals surface area contributed by atoms with Gasteiger partial charge in [0.2, 0.25) is 5.91 Å². The highest BCUT2D eigenvalue weighted by Crippen LogP contribution is 2.20. The molecule has 2 rings (SSSR count). The molecule has 0 aliphatic carbocycles. The normalized spacial score (nSPS) is 18.2. The van der Waals surface area contributed by atoms with E-state index < -0.39 is 6.10 Å². The van der Waals surface area contributed by atoms with Crippen LogP contribution in [0.1, 0.15) is 51.5 Å². The molecule has 1 heterocycles. The molecule has 0 aromatic heterocycles. The van der Waals surface area contributed by atoms with Gasteiger partial charge in [0.25, 0.3) is 0 Å². The van der Waals surface area contributed by atoms with Crippen molar-refractivity contribution in [3.8, 4) is 0 Å². The lowest BCUT2D eigenvalue weighted by Crippen LogP contribution is -2.43. The minimum Gasteiger partial charge on any atom is -0.463 e. The van der Waals surface area contributed by atoms with Gasteiger partial charge in [-0.05, 0) is 44.4 Å². The number of nitrogens with zero attached hydrogens (tertiary/aromatic N) is 1. The number of benzene rings is 1. The Morgan fingerprint density at radius 3 is 2.80 bits per heavy atom. The first-order chi connectivity index (χ1) is 14.5. The van der Waals surface area contributed by atoms with E-state index in [0.29, 0.717) is 25.8 Å². The summed E-state index contributed by atoms with van der Waals surface area (Å²) in [5, 5.41) is 10.3. The number of carbonyl (C=O) groups excluding carboxylic acids is 2. The number of aliphatic hydroxyl groups is 1. The summed E-state index contributed by atoms with van der Waals surface area (Å²) < 4.78 is 5.13. The fourth-order valence-corrected chi connectivity index (χ4v) is 4.40. The topological polar surface area (TPSA) is 66.8 Å². The van der Waals surface area contributed by atoms with E-state index in [1.807, 2.05) is 61.2 Å². The minimum atomic E-state index is -0.550. The highest BCUT2D eigenvalue weighted by molar-refractivity contribution is 7.99. The lowest BCUT2D eigenvalue weighted by Gasteiger charge is -2.34. The van der Waals surface area contributed by atoms with Crippen molar-refractivity contribution in [2.45, 2.75) is 70.6 Å². The summed E-state index contributed by atoms with van der Waals surface area (Å²) in [6, 6.07) is 9.97. The number of likely N-dealkylation sites (tertiary alicyclic amines) is 1. The van der Waals surface area contributed by atoms with Crippen LogP contribution in [0.2, 0.25) is 0 Å². The van der Waals surface area contributed by atoms with Gasteiger partial charge in [-0.2, -0.15) is 11.8 Å². The number of amides is 1. The molecule has 1 aliphatic rings. The van der Waals surface area contributed by atoms with Gasteiger partial charge in [0.1, 0.15) is 0 Å². The standard InChI is InChI=1S/C24H35NO4S/c1-19(2)29-24(28)12-7-16-30-17-15-25-21(10-6-11-23(25)27)13-14-22(26)18-20-8-4-3-5-9-20/h3-5,8-9,13-14,19,21-22,26H,6-7,10-12,15-18H2,1-2H3/t21-,22?/m1/s1. The average Bonchev–Trinajstić information content (AvgIpc) is 2.70. The van der Waals surface area contributed by atoms with Crippen molar-refractivity contribution < 1.29 is 19.4 Å². The van der Waals surface area contributed by atoms with Gasteiger partial charge >= 0.3 is 5.97 Å². The van der Waals surface area contributed by atoms with Crippen molar-refractivity contribution in [3.63, 3.8) is 0 Å². The Hall–Kier alpha value is -1.79. The van der Waals surface area contributed by atoms with Crippen LogP contribution >= 0.6 is 11.8 Å². The van der Waals surface area contributed by atoms with E-state index in [2.05, 4.69) is 0 Å². The second-order valence-corrected chi connectivity index (χ2v) is 9.17. The summed E-state index contributed by atoms with van der Waals surface area (Å²) in [6.07, 6.45) is 7.45. The van der Waals surface area contributed by atoms with Gasteiger partial charge in [-0.3, -0.25) is 9.59 Å². The monoisotopic (exact) mass is 433 g/mol. The third-order valence-corrected chi connectivity index (χ3v) is 6.02. The summed E-state index contributed by atoms with van der Waals surface area (Å²) in [7, 11) is 0. The van der Waals surface area contributed by atoms with Gasteiger partial charge in [-0.1, -0.05) is 42.5 Å². The largest absolute Gasteiger partial charge is 0.463 e. The average molecular weight is 434 g/mol. The molecule has 1 aliphatic heterocycles. The molecule has 1 saturated heterocycles. The third kappa shape index (κ3) is 9.35. The van der Waals surface area contributed by atoms with Crippen molar-refractivity contribution in [3.05, 3.63) is 48.0 Å². The molecular formula is C24H35NO4S. The fraction of sp³-hybridized carbons (Fsp3) is 0.583. The maximum absolute atomic E-state index is 12.4. The van der Waals surface area contributed by atoms with Gasteiger partial charge in [0.05, 0.1) is 18.2 Å². The van der Waals surface area contributed by atoms with Gasteiger partial charge in [-0.25, -0.2) is 0 Å². The highest BCUT2D eigenvalue weighted by Gasteiger charge is 2.25. The Morgan fingerprint density at radius 1 is 1.30 bits per heavy atom. The Bertz CT molecular complexity index is 677. The van der Waals surface area contributed by atoms with E-state index >= 15 is 0 Å². The molecule has 5 nitrogen and oxygen atoms in total. The molecule has 1 aromatic carbocycles. The number of thioether (sulfide) groups is 1. The maximum Gasteiger partial charge on any atom is 0.306 e. The maximum atomic E-state index is 12.4. The summed E-state index contributed by atoms with van der Waals surface area (Å²) in [4.78, 5) is 25.9. The van der Waals surface area contributed by atoms with Crippen LogP contribution in [0.4, 0.5) is 0 Å². The quantitative estimate of drug-likeness (QED) is 0.307. The summed E-state index contributed by atoms with van der Waals surface area (Å²) in [6.45, 7) is 4.41. The SMILES string of the molecule is CC(C)OC(=O)CCCSCCN1C(=O)CCC[C@@H]1C=CC(O)Cc1ccccc1. The van der Waals surface area contributed by atoms with Crippen molar-refractivity contribution >= 4 is 23.6 Å². The molecule has 1 fully saturated rings. The summed E-state index contributed by atoms with van der Waals surface area (Å²) in [5.74, 6) is 1.78. The molecule has 2 atom stereocenters. The molecule has 1 unspecified atom stereocenters. The van der Waals surface area contributed by atoms with Crippen molar-refractivity contribution in [1.29, 1.82) is 0 Å². The molecule has 0 saturated carbocycles. The first-order valence-electron chi connectivity index (χ1n) is 10.9. The smallest absolute Gasteiger partial charge is 0.306 e. The number of hydrogen-bond donors (Lipinski definition) is 1. The Balaban J connectivity index is 1.73. The lowest BCUT2D eigenvalue weighted by molar-refractivity contribution is -0.147. The molecule has 0 spiro atoms. The molecule has 1 N–H and O–H groups in total. The van der Waals surface area contributed by atoms with E-state index in [-0.39, 0.29) is 24.0 Å². The van der Waals surface area contributed by atoms with Crippen LogP contribution < -0.4 is 0 Å². The second kappa shape index (κ2) is 13.5. The number of rotatable bonds is 12. The van der Waals surface area contributed by atoms with E-state index in [4.69, 9.17) is 4.74 Å². The molecule has 0 bridgehead atoms. The van der Waals surface area contributed by atoms with E-state index in [0.717, 1.165) is 36.3 Å². The van der Waals surface area contributed by atoms with Crippen LogP contribution in [-0.2, 0) is 20.7 Å². The van der Waals surface area contributed by atoms with Crippen LogP contribution in [0.25, 0.3) is 0 Å². The fourth-order valence-electron chi connectivity index (χ4n) is 3.52. The Labute approximate surface area is 184 Å². The molecule has 1 amide bonds. The zero-order valence-electron chi connectivity index (χ0n) is 18.2. The molecular weight excluding hydrogens is 398 g/mol. The molecule has 30 heavy (non-hydrogen) atoms. The third-order valence-electron chi connectivity index (χ3n) is 4.97. The van der Waals surface area contributed by atoms with E-state index in [9.17, 15) is 14.7 Å². The van der Waals surface area contributed by atoms with Crippen LogP contribution in [-0.4, -0.2) is 58.2 Å². The number of esters is 1. The number of piperidine rings is 1. The molecule has 1 aromatic rings. The van der Waals surface area contributed by atoms with Gasteiger partial charge in [0, 0.05) is 31.6 Å². The van der Waals surface area contributed by atoms with E-state index in [1.54, 1.807) is 11.8 Å². The van der Waals surface area contributed by atoms with Crippen LogP contribution in [0.15, 0.2) is 42.5 Å². The molecule has 166 valence electrons. The van der Waals surface area contributed by atoms with Gasteiger partial charge in [0.15, 0.2) is 0 Å². The van der Waals surface area contributed by atoms with Crippen molar-refractivity contribution in [1.82, 2.24) is 4.90 Å².